The Hall–Kier alpha value is -1.27. The van der Waals surface area contributed by atoms with Crippen molar-refractivity contribution in [2.75, 3.05) is 19.6 Å². The van der Waals surface area contributed by atoms with Crippen LogP contribution in [0.1, 0.15) is 60.4 Å². The number of aromatic nitrogens is 4. The molecule has 0 saturated carbocycles. The van der Waals surface area contributed by atoms with E-state index in [4.69, 9.17) is 0 Å². The Morgan fingerprint density at radius 2 is 2.12 bits per heavy atom. The van der Waals surface area contributed by atoms with E-state index in [2.05, 4.69) is 37.0 Å². The molecule has 1 fully saturated rings. The zero-order chi connectivity index (χ0) is 16.4. The zero-order valence-electron chi connectivity index (χ0n) is 14.6. The molecule has 0 unspecified atom stereocenters. The first-order valence-corrected chi connectivity index (χ1v) is 10.2. The van der Waals surface area contributed by atoms with Gasteiger partial charge >= 0.3 is 0 Å². The summed E-state index contributed by atoms with van der Waals surface area (Å²) < 4.78 is 2.44. The molecule has 2 aliphatic rings. The van der Waals surface area contributed by atoms with Crippen molar-refractivity contribution in [1.82, 2.24) is 24.6 Å². The number of aryl methyl sites for hydroxylation is 2. The van der Waals surface area contributed by atoms with E-state index in [1.807, 2.05) is 0 Å². The first-order valence-electron chi connectivity index (χ1n) is 9.35. The summed E-state index contributed by atoms with van der Waals surface area (Å²) in [6.07, 6.45) is 8.56. The molecule has 2 aromatic rings. The molecule has 2 aliphatic heterocycles. The highest BCUT2D eigenvalue weighted by molar-refractivity contribution is 7.09. The third kappa shape index (κ3) is 3.54. The molecule has 0 N–H and O–H groups in total. The van der Waals surface area contributed by atoms with Crippen molar-refractivity contribution in [2.45, 2.75) is 64.3 Å². The van der Waals surface area contributed by atoms with Gasteiger partial charge in [0.15, 0.2) is 0 Å². The lowest BCUT2D eigenvalue weighted by atomic mass is 9.97. The van der Waals surface area contributed by atoms with Crippen LogP contribution in [0.5, 0.6) is 0 Å². The summed E-state index contributed by atoms with van der Waals surface area (Å²) in [4.78, 5) is 7.20. The van der Waals surface area contributed by atoms with E-state index in [-0.39, 0.29) is 0 Å². The van der Waals surface area contributed by atoms with Gasteiger partial charge in [0.05, 0.1) is 10.7 Å². The third-order valence-corrected chi connectivity index (χ3v) is 6.18. The molecule has 6 heteroatoms. The molecule has 0 bridgehead atoms. The molecule has 0 radical (unpaired) electrons. The fourth-order valence-corrected chi connectivity index (χ4v) is 4.72. The van der Waals surface area contributed by atoms with E-state index in [9.17, 15) is 0 Å². The molecule has 4 heterocycles. The van der Waals surface area contributed by atoms with Gasteiger partial charge in [-0.1, -0.05) is 6.42 Å². The highest BCUT2D eigenvalue weighted by Crippen LogP contribution is 2.28. The van der Waals surface area contributed by atoms with Crippen molar-refractivity contribution < 1.29 is 0 Å². The normalized spacial score (nSPS) is 22.3. The van der Waals surface area contributed by atoms with Gasteiger partial charge in [-0.05, 0) is 39.2 Å². The molecular formula is C18H27N5S. The molecule has 2 aromatic heterocycles. The lowest BCUT2D eigenvalue weighted by molar-refractivity contribution is 0.203. The zero-order valence-corrected chi connectivity index (χ0v) is 15.4. The van der Waals surface area contributed by atoms with Crippen LogP contribution in [0.3, 0.4) is 0 Å². The first kappa shape index (κ1) is 16.2. The quantitative estimate of drug-likeness (QED) is 0.854. The van der Waals surface area contributed by atoms with Gasteiger partial charge in [0.2, 0.25) is 0 Å². The fourth-order valence-electron chi connectivity index (χ4n) is 4.07. The molecule has 1 saturated heterocycles. The number of piperidine rings is 1. The Morgan fingerprint density at radius 3 is 3.00 bits per heavy atom. The minimum Gasteiger partial charge on any atom is -0.315 e. The van der Waals surface area contributed by atoms with Crippen molar-refractivity contribution in [3.05, 3.63) is 27.7 Å². The van der Waals surface area contributed by atoms with Gasteiger partial charge in [-0.2, -0.15) is 0 Å². The van der Waals surface area contributed by atoms with Crippen molar-refractivity contribution in [2.24, 2.45) is 0 Å². The summed E-state index contributed by atoms with van der Waals surface area (Å²) in [5.41, 5.74) is 1.25. The Bertz CT molecular complexity index is 677. The average Bonchev–Trinajstić information content (AvgIpc) is 3.13. The Labute approximate surface area is 148 Å². The Morgan fingerprint density at radius 1 is 1.17 bits per heavy atom. The highest BCUT2D eigenvalue weighted by atomic mass is 32.1. The molecule has 0 spiro atoms. The van der Waals surface area contributed by atoms with Gasteiger partial charge in [-0.15, -0.1) is 21.5 Å². The second-order valence-electron chi connectivity index (χ2n) is 7.18. The molecular weight excluding hydrogens is 318 g/mol. The monoisotopic (exact) mass is 345 g/mol. The van der Waals surface area contributed by atoms with E-state index < -0.39 is 0 Å². The van der Waals surface area contributed by atoms with Crippen LogP contribution in [0.25, 0.3) is 0 Å². The largest absolute Gasteiger partial charge is 0.315 e. The number of thiazole rings is 1. The standard InChI is InChI=1S/C18H27N5S/c1-14-19-16(13-24-14)8-11-22-9-5-6-15(12-22)18-21-20-17-7-3-2-4-10-23(17)18/h13,15H,2-12H2,1H3/t15-/m0/s1. The summed E-state index contributed by atoms with van der Waals surface area (Å²) in [7, 11) is 0. The Kier molecular flexibility index (Phi) is 4.94. The number of fused-ring (bicyclic) bond motifs is 1. The third-order valence-electron chi connectivity index (χ3n) is 5.36. The van der Waals surface area contributed by atoms with Crippen LogP contribution in [0.4, 0.5) is 0 Å². The van der Waals surface area contributed by atoms with Crippen LogP contribution in [0, 0.1) is 6.92 Å². The van der Waals surface area contributed by atoms with Crippen LogP contribution < -0.4 is 0 Å². The maximum atomic E-state index is 4.60. The molecule has 24 heavy (non-hydrogen) atoms. The predicted octanol–water partition coefficient (Wildman–Crippen LogP) is 3.19. The number of hydrogen-bond acceptors (Lipinski definition) is 5. The minimum atomic E-state index is 0.551. The maximum absolute atomic E-state index is 4.60. The first-order chi connectivity index (χ1) is 11.8. The predicted molar refractivity (Wildman–Crippen MR) is 96.5 cm³/mol. The van der Waals surface area contributed by atoms with Crippen LogP contribution in [0.2, 0.25) is 0 Å². The number of hydrogen-bond donors (Lipinski definition) is 0. The lowest BCUT2D eigenvalue weighted by Crippen LogP contribution is -2.36. The van der Waals surface area contributed by atoms with Crippen LogP contribution in [-0.4, -0.2) is 44.3 Å². The van der Waals surface area contributed by atoms with E-state index in [0.29, 0.717) is 5.92 Å². The van der Waals surface area contributed by atoms with Gasteiger partial charge < -0.3 is 9.47 Å². The van der Waals surface area contributed by atoms with E-state index in [1.165, 1.54) is 61.0 Å². The molecule has 0 amide bonds. The summed E-state index contributed by atoms with van der Waals surface area (Å²) in [5.74, 6) is 3.02. The van der Waals surface area contributed by atoms with Crippen molar-refractivity contribution in [3.8, 4) is 0 Å². The van der Waals surface area contributed by atoms with Gasteiger partial charge in [-0.25, -0.2) is 4.98 Å². The molecule has 130 valence electrons. The molecule has 1 atom stereocenters. The van der Waals surface area contributed by atoms with Gasteiger partial charge in [0.25, 0.3) is 0 Å². The van der Waals surface area contributed by atoms with Crippen molar-refractivity contribution >= 4 is 11.3 Å². The minimum absolute atomic E-state index is 0.551. The average molecular weight is 346 g/mol. The van der Waals surface area contributed by atoms with Crippen LogP contribution in [0.15, 0.2) is 5.38 Å². The molecule has 4 rings (SSSR count). The second-order valence-corrected chi connectivity index (χ2v) is 8.25. The smallest absolute Gasteiger partial charge is 0.137 e. The highest BCUT2D eigenvalue weighted by Gasteiger charge is 2.27. The fraction of sp³-hybridized carbons (Fsp3) is 0.722. The summed E-state index contributed by atoms with van der Waals surface area (Å²) in [6.45, 7) is 6.65. The summed E-state index contributed by atoms with van der Waals surface area (Å²) in [5, 5.41) is 12.5. The molecule has 0 aliphatic carbocycles. The van der Waals surface area contributed by atoms with E-state index in [1.54, 1.807) is 11.3 Å². The van der Waals surface area contributed by atoms with Crippen molar-refractivity contribution in [3.63, 3.8) is 0 Å². The number of nitrogens with zero attached hydrogens (tertiary/aromatic N) is 5. The van der Waals surface area contributed by atoms with Crippen LogP contribution in [-0.2, 0) is 19.4 Å². The summed E-state index contributed by atoms with van der Waals surface area (Å²) in [6, 6.07) is 0. The second kappa shape index (κ2) is 7.31. The Balaban J connectivity index is 1.40. The SMILES string of the molecule is Cc1nc(CCN2CCC[C@H](c3nnc4n3CCCCC4)C2)cs1. The lowest BCUT2D eigenvalue weighted by Gasteiger charge is -2.32. The van der Waals surface area contributed by atoms with Crippen molar-refractivity contribution in [1.29, 1.82) is 0 Å². The molecule has 0 aromatic carbocycles. The number of likely N-dealkylation sites (tertiary alicyclic amines) is 1. The number of rotatable bonds is 4. The van der Waals surface area contributed by atoms with Gasteiger partial charge in [0.1, 0.15) is 11.6 Å². The van der Waals surface area contributed by atoms with Gasteiger partial charge in [0, 0.05) is 43.8 Å². The van der Waals surface area contributed by atoms with Gasteiger partial charge in [-0.3, -0.25) is 0 Å². The topological polar surface area (TPSA) is 46.8 Å². The molecule has 5 nitrogen and oxygen atoms in total. The van der Waals surface area contributed by atoms with E-state index in [0.717, 1.165) is 32.5 Å². The summed E-state index contributed by atoms with van der Waals surface area (Å²) >= 11 is 1.76. The van der Waals surface area contributed by atoms with E-state index >= 15 is 0 Å². The van der Waals surface area contributed by atoms with Crippen LogP contribution >= 0.6 is 11.3 Å². The maximum Gasteiger partial charge on any atom is 0.137 e.